The SMILES string of the molecule is CC(C)C1=CC(S(=O)(=O)c2c(Cl)cc(N3NC(C#N)C(=O)NC3=O)cc2Cl)N=NC1=O. The van der Waals surface area contributed by atoms with Gasteiger partial charge in [-0.1, -0.05) is 37.0 Å². The number of carbonyl (C=O) groups is 3. The number of amides is 4. The van der Waals surface area contributed by atoms with Crippen LogP contribution in [0, 0.1) is 17.2 Å². The Labute approximate surface area is 186 Å². The van der Waals surface area contributed by atoms with Crippen LogP contribution in [0.1, 0.15) is 13.8 Å². The van der Waals surface area contributed by atoms with Crippen LogP contribution in [0.2, 0.25) is 10.0 Å². The van der Waals surface area contributed by atoms with Crippen LogP contribution >= 0.6 is 23.2 Å². The maximum absolute atomic E-state index is 13.1. The Hall–Kier alpha value is -2.85. The van der Waals surface area contributed by atoms with Gasteiger partial charge in [-0.25, -0.2) is 18.2 Å². The molecule has 11 nitrogen and oxygen atoms in total. The molecule has 1 fully saturated rings. The average Bonchev–Trinajstić information content (AvgIpc) is 2.67. The average molecular weight is 485 g/mol. The van der Waals surface area contributed by atoms with Crippen LogP contribution in [-0.4, -0.2) is 37.7 Å². The van der Waals surface area contributed by atoms with Crippen molar-refractivity contribution in [1.29, 1.82) is 5.26 Å². The maximum Gasteiger partial charge on any atom is 0.343 e. The van der Waals surface area contributed by atoms with E-state index < -0.39 is 44.0 Å². The fourth-order valence-electron chi connectivity index (χ4n) is 2.84. The highest BCUT2D eigenvalue weighted by molar-refractivity contribution is 7.92. The minimum atomic E-state index is -4.30. The van der Waals surface area contributed by atoms with Crippen LogP contribution in [-0.2, 0) is 19.4 Å². The highest BCUT2D eigenvalue weighted by atomic mass is 35.5. The van der Waals surface area contributed by atoms with Crippen LogP contribution in [0.25, 0.3) is 0 Å². The molecule has 0 spiro atoms. The summed E-state index contributed by atoms with van der Waals surface area (Å²) < 4.78 is 26.2. The number of rotatable bonds is 4. The summed E-state index contributed by atoms with van der Waals surface area (Å²) in [4.78, 5) is 35.0. The molecule has 0 aromatic heterocycles. The van der Waals surface area contributed by atoms with E-state index in [1.54, 1.807) is 19.9 Å². The number of anilines is 1. The summed E-state index contributed by atoms with van der Waals surface area (Å²) in [7, 11) is -4.30. The minimum absolute atomic E-state index is 0.0157. The molecule has 2 unspecified atom stereocenters. The zero-order valence-electron chi connectivity index (χ0n) is 16.0. The highest BCUT2D eigenvalue weighted by Crippen LogP contribution is 2.37. The molecule has 1 aromatic carbocycles. The second-order valence-electron chi connectivity index (χ2n) is 6.79. The molecule has 162 valence electrons. The standard InChI is InChI=1S/C17H14Cl2N6O5S/c1-7(2)9-5-13(22-23-15(9)26)31(29,30)14-10(18)3-8(4-11(14)19)25-17(28)21-16(27)12(6-20)24-25/h3-5,7,12-13,24H,1-2H3,(H,21,27,28). The number of hydrogen-bond donors (Lipinski definition) is 2. The lowest BCUT2D eigenvalue weighted by Crippen LogP contribution is -2.64. The monoisotopic (exact) mass is 484 g/mol. The van der Waals surface area contributed by atoms with Crippen LogP contribution < -0.4 is 15.8 Å². The van der Waals surface area contributed by atoms with Crippen LogP contribution in [0.4, 0.5) is 10.5 Å². The smallest absolute Gasteiger partial charge is 0.274 e. The number of hydrogen-bond acceptors (Lipinski definition) is 8. The Balaban J connectivity index is 2.02. The number of benzene rings is 1. The number of nitriles is 1. The maximum atomic E-state index is 13.1. The van der Waals surface area contributed by atoms with Gasteiger partial charge in [0.25, 0.3) is 11.8 Å². The fourth-order valence-corrected chi connectivity index (χ4v) is 5.36. The minimum Gasteiger partial charge on any atom is -0.274 e. The summed E-state index contributed by atoms with van der Waals surface area (Å²) in [6.07, 6.45) is 1.19. The molecule has 2 atom stereocenters. The third-order valence-electron chi connectivity index (χ3n) is 4.38. The van der Waals surface area contributed by atoms with Crippen molar-refractivity contribution in [2.24, 2.45) is 16.1 Å². The van der Waals surface area contributed by atoms with Crippen molar-refractivity contribution in [2.45, 2.75) is 30.2 Å². The van der Waals surface area contributed by atoms with E-state index in [0.29, 0.717) is 0 Å². The summed E-state index contributed by atoms with van der Waals surface area (Å²) in [5.41, 5.74) is 2.55. The molecule has 0 saturated carbocycles. The summed E-state index contributed by atoms with van der Waals surface area (Å²) in [6.45, 7) is 3.41. The van der Waals surface area contributed by atoms with Crippen molar-refractivity contribution in [2.75, 3.05) is 5.01 Å². The topological polar surface area (TPSA) is 161 Å². The first kappa shape index (κ1) is 22.8. The quantitative estimate of drug-likeness (QED) is 0.660. The molecular weight excluding hydrogens is 471 g/mol. The van der Waals surface area contributed by atoms with Crippen molar-refractivity contribution in [3.05, 3.63) is 33.8 Å². The Bertz CT molecular complexity index is 1180. The number of urea groups is 1. The van der Waals surface area contributed by atoms with E-state index in [1.807, 2.05) is 5.32 Å². The Kier molecular flexibility index (Phi) is 6.15. The number of hydrazine groups is 1. The lowest BCUT2D eigenvalue weighted by atomic mass is 10.0. The molecule has 2 N–H and O–H groups in total. The second-order valence-corrected chi connectivity index (χ2v) is 9.59. The van der Waals surface area contributed by atoms with Crippen molar-refractivity contribution >= 4 is 56.6 Å². The van der Waals surface area contributed by atoms with Crippen LogP contribution in [0.5, 0.6) is 0 Å². The van der Waals surface area contributed by atoms with Gasteiger partial charge >= 0.3 is 6.03 Å². The van der Waals surface area contributed by atoms with Gasteiger partial charge in [0.05, 0.1) is 21.8 Å². The molecule has 0 aliphatic carbocycles. The van der Waals surface area contributed by atoms with Crippen molar-refractivity contribution in [3.8, 4) is 6.07 Å². The molecule has 2 heterocycles. The molecule has 0 bridgehead atoms. The van der Waals surface area contributed by atoms with Crippen molar-refractivity contribution < 1.29 is 22.8 Å². The summed E-state index contributed by atoms with van der Waals surface area (Å²) in [5, 5.41) is 16.6. The lowest BCUT2D eigenvalue weighted by Gasteiger charge is -2.30. The number of azo groups is 1. The Morgan fingerprint density at radius 2 is 1.81 bits per heavy atom. The molecule has 2 aliphatic rings. The fraction of sp³-hybridized carbons (Fsp3) is 0.294. The largest absolute Gasteiger partial charge is 0.343 e. The summed E-state index contributed by atoms with van der Waals surface area (Å²) in [6, 6.07) is 1.63. The highest BCUT2D eigenvalue weighted by Gasteiger charge is 2.37. The predicted molar refractivity (Wildman–Crippen MR) is 109 cm³/mol. The van der Waals surface area contributed by atoms with E-state index in [1.165, 1.54) is 6.08 Å². The molecule has 1 saturated heterocycles. The van der Waals surface area contributed by atoms with Crippen molar-refractivity contribution in [1.82, 2.24) is 10.7 Å². The predicted octanol–water partition coefficient (Wildman–Crippen LogP) is 2.12. The van der Waals surface area contributed by atoms with E-state index in [2.05, 4.69) is 15.7 Å². The van der Waals surface area contributed by atoms with Gasteiger partial charge in [-0.05, 0) is 24.1 Å². The van der Waals surface area contributed by atoms with Gasteiger partial charge in [-0.2, -0.15) is 15.8 Å². The van der Waals surface area contributed by atoms with Gasteiger partial charge in [0, 0.05) is 5.57 Å². The molecule has 1 aromatic rings. The summed E-state index contributed by atoms with van der Waals surface area (Å²) in [5.74, 6) is -1.75. The van der Waals surface area contributed by atoms with E-state index in [0.717, 1.165) is 17.1 Å². The van der Waals surface area contributed by atoms with Gasteiger partial charge in [0.2, 0.25) is 9.84 Å². The number of halogens is 2. The third-order valence-corrected chi connectivity index (χ3v) is 7.08. The van der Waals surface area contributed by atoms with E-state index in [-0.39, 0.29) is 27.2 Å². The number of imide groups is 1. The zero-order valence-corrected chi connectivity index (χ0v) is 18.3. The molecule has 0 radical (unpaired) electrons. The first-order chi connectivity index (χ1) is 14.5. The number of nitrogens with zero attached hydrogens (tertiary/aromatic N) is 4. The molecule has 14 heteroatoms. The molecule has 2 aliphatic heterocycles. The zero-order chi connectivity index (χ0) is 23.1. The molecule has 3 rings (SSSR count). The number of nitrogens with one attached hydrogen (secondary N) is 2. The molecule has 31 heavy (non-hydrogen) atoms. The lowest BCUT2D eigenvalue weighted by molar-refractivity contribution is -0.121. The number of carbonyl (C=O) groups excluding carboxylic acids is 3. The van der Waals surface area contributed by atoms with Crippen molar-refractivity contribution in [3.63, 3.8) is 0 Å². The Morgan fingerprint density at radius 3 is 2.35 bits per heavy atom. The van der Waals surface area contributed by atoms with Gasteiger partial charge in [-0.3, -0.25) is 14.9 Å². The normalized spacial score (nSPS) is 21.7. The summed E-state index contributed by atoms with van der Waals surface area (Å²) >= 11 is 12.4. The van der Waals surface area contributed by atoms with Crippen LogP contribution in [0.3, 0.4) is 0 Å². The van der Waals surface area contributed by atoms with E-state index in [9.17, 15) is 22.8 Å². The van der Waals surface area contributed by atoms with Crippen LogP contribution in [0.15, 0.2) is 38.9 Å². The van der Waals surface area contributed by atoms with Gasteiger partial charge in [0.1, 0.15) is 4.90 Å². The van der Waals surface area contributed by atoms with Gasteiger partial charge in [-0.15, -0.1) is 5.11 Å². The Morgan fingerprint density at radius 1 is 1.19 bits per heavy atom. The van der Waals surface area contributed by atoms with E-state index >= 15 is 0 Å². The van der Waals surface area contributed by atoms with Gasteiger partial charge in [0.15, 0.2) is 11.4 Å². The molecule has 4 amide bonds. The first-order valence-electron chi connectivity index (χ1n) is 8.68. The second kappa shape index (κ2) is 8.35. The molecular formula is C17H14Cl2N6O5S. The third kappa shape index (κ3) is 4.17. The van der Waals surface area contributed by atoms with E-state index in [4.69, 9.17) is 28.5 Å². The first-order valence-corrected chi connectivity index (χ1v) is 11.0. The van der Waals surface area contributed by atoms with Gasteiger partial charge < -0.3 is 0 Å². The number of sulfone groups is 1.